The molecule has 4 heteroatoms. The first-order valence-corrected chi connectivity index (χ1v) is 7.65. The van der Waals surface area contributed by atoms with Crippen LogP contribution in [0.3, 0.4) is 0 Å². The molecule has 1 N–H and O–H groups in total. The molecule has 2 aromatic rings. The van der Waals surface area contributed by atoms with Crippen molar-refractivity contribution in [3.8, 4) is 0 Å². The fourth-order valence-electron chi connectivity index (χ4n) is 2.85. The van der Waals surface area contributed by atoms with Gasteiger partial charge in [-0.2, -0.15) is 0 Å². The predicted molar refractivity (Wildman–Crippen MR) is 85.5 cm³/mol. The number of aromatic nitrogens is 2. The van der Waals surface area contributed by atoms with E-state index in [1.54, 1.807) is 0 Å². The molecule has 21 heavy (non-hydrogen) atoms. The molecule has 1 aliphatic rings. The van der Waals surface area contributed by atoms with Crippen molar-refractivity contribution in [1.29, 1.82) is 0 Å². The summed E-state index contributed by atoms with van der Waals surface area (Å²) in [4.78, 5) is 11.0. The van der Waals surface area contributed by atoms with Crippen molar-refractivity contribution in [2.45, 2.75) is 26.3 Å². The molecule has 0 amide bonds. The van der Waals surface area contributed by atoms with Crippen molar-refractivity contribution < 1.29 is 0 Å². The topological polar surface area (TPSA) is 41.1 Å². The van der Waals surface area contributed by atoms with Gasteiger partial charge in [-0.3, -0.25) is 0 Å². The molecule has 0 saturated carbocycles. The lowest BCUT2D eigenvalue weighted by Gasteiger charge is -2.19. The molecular weight excluding hydrogens is 260 g/mol. The normalized spacial score (nSPS) is 13.5. The van der Waals surface area contributed by atoms with E-state index in [1.165, 1.54) is 17.7 Å². The molecule has 0 unspecified atom stereocenters. The summed E-state index contributed by atoms with van der Waals surface area (Å²) in [7, 11) is 0. The second-order valence-corrected chi connectivity index (χ2v) is 5.49. The van der Waals surface area contributed by atoms with E-state index in [0.717, 1.165) is 44.1 Å². The van der Waals surface area contributed by atoms with Gasteiger partial charge in [-0.1, -0.05) is 18.2 Å². The summed E-state index contributed by atoms with van der Waals surface area (Å²) in [5.41, 5.74) is 3.97. The Morgan fingerprint density at radius 1 is 1.24 bits per heavy atom. The summed E-state index contributed by atoms with van der Waals surface area (Å²) in [6.07, 6.45) is 4.16. The van der Waals surface area contributed by atoms with Gasteiger partial charge in [-0.15, -0.1) is 0 Å². The average molecular weight is 282 g/mol. The monoisotopic (exact) mass is 282 g/mol. The molecule has 0 saturated heterocycles. The van der Waals surface area contributed by atoms with Crippen LogP contribution in [0.4, 0.5) is 5.69 Å². The predicted octanol–water partition coefficient (Wildman–Crippen LogP) is 2.33. The first-order chi connectivity index (χ1) is 10.3. The lowest BCUT2D eigenvalue weighted by atomic mass is 10.2. The average Bonchev–Trinajstić information content (AvgIpc) is 2.90. The van der Waals surface area contributed by atoms with Gasteiger partial charge in [0.15, 0.2) is 0 Å². The van der Waals surface area contributed by atoms with Gasteiger partial charge in [-0.25, -0.2) is 9.97 Å². The van der Waals surface area contributed by atoms with Crippen LogP contribution in [0.2, 0.25) is 0 Å². The third-order valence-electron chi connectivity index (χ3n) is 3.90. The molecule has 0 spiro atoms. The van der Waals surface area contributed by atoms with Gasteiger partial charge in [-0.05, 0) is 44.0 Å². The lowest BCUT2D eigenvalue weighted by Crippen LogP contribution is -2.25. The maximum absolute atomic E-state index is 4.39. The van der Waals surface area contributed by atoms with Crippen LogP contribution in [-0.2, 0) is 13.0 Å². The van der Waals surface area contributed by atoms with Crippen LogP contribution in [0, 0.1) is 6.92 Å². The third kappa shape index (κ3) is 3.58. The minimum absolute atomic E-state index is 0.819. The summed E-state index contributed by atoms with van der Waals surface area (Å²) < 4.78 is 0. The van der Waals surface area contributed by atoms with Crippen molar-refractivity contribution in [2.75, 3.05) is 24.5 Å². The van der Waals surface area contributed by atoms with Crippen molar-refractivity contribution in [2.24, 2.45) is 0 Å². The van der Waals surface area contributed by atoms with E-state index < -0.39 is 0 Å². The quantitative estimate of drug-likeness (QED) is 0.826. The van der Waals surface area contributed by atoms with Crippen molar-refractivity contribution >= 4 is 5.69 Å². The zero-order chi connectivity index (χ0) is 14.5. The van der Waals surface area contributed by atoms with Gasteiger partial charge in [0.2, 0.25) is 0 Å². The SMILES string of the molecule is Cc1nccc(CNCCCN2CCc3ccccc32)n1. The highest BCUT2D eigenvalue weighted by molar-refractivity contribution is 5.57. The first-order valence-electron chi connectivity index (χ1n) is 7.65. The first kappa shape index (κ1) is 14.0. The number of hydrogen-bond donors (Lipinski definition) is 1. The fraction of sp³-hybridized carbons (Fsp3) is 0.412. The molecular formula is C17H22N4. The van der Waals surface area contributed by atoms with Crippen LogP contribution in [0.25, 0.3) is 0 Å². The fourth-order valence-corrected chi connectivity index (χ4v) is 2.85. The van der Waals surface area contributed by atoms with Gasteiger partial charge < -0.3 is 10.2 Å². The Morgan fingerprint density at radius 3 is 3.05 bits per heavy atom. The Hall–Kier alpha value is -1.94. The van der Waals surface area contributed by atoms with Gasteiger partial charge >= 0.3 is 0 Å². The van der Waals surface area contributed by atoms with Gasteiger partial charge in [0.25, 0.3) is 0 Å². The van der Waals surface area contributed by atoms with Crippen LogP contribution >= 0.6 is 0 Å². The van der Waals surface area contributed by atoms with Crippen LogP contribution in [0.1, 0.15) is 23.5 Å². The summed E-state index contributed by atoms with van der Waals surface area (Å²) >= 11 is 0. The smallest absolute Gasteiger partial charge is 0.125 e. The highest BCUT2D eigenvalue weighted by Crippen LogP contribution is 2.27. The van der Waals surface area contributed by atoms with Gasteiger partial charge in [0, 0.05) is 31.5 Å². The van der Waals surface area contributed by atoms with E-state index in [4.69, 9.17) is 0 Å². The molecule has 0 radical (unpaired) electrons. The van der Waals surface area contributed by atoms with E-state index in [0.29, 0.717) is 0 Å². The highest BCUT2D eigenvalue weighted by atomic mass is 15.1. The summed E-state index contributed by atoms with van der Waals surface area (Å²) in [6.45, 7) is 6.03. The Bertz CT molecular complexity index is 597. The number of benzene rings is 1. The van der Waals surface area contributed by atoms with E-state index in [1.807, 2.05) is 19.2 Å². The van der Waals surface area contributed by atoms with Crippen molar-refractivity contribution in [3.05, 3.63) is 53.6 Å². The number of rotatable bonds is 6. The molecule has 0 atom stereocenters. The molecule has 0 fully saturated rings. The van der Waals surface area contributed by atoms with E-state index in [-0.39, 0.29) is 0 Å². The van der Waals surface area contributed by atoms with Crippen LogP contribution in [0.5, 0.6) is 0 Å². The Morgan fingerprint density at radius 2 is 2.14 bits per heavy atom. The molecule has 110 valence electrons. The molecule has 4 nitrogen and oxygen atoms in total. The molecule has 0 aliphatic carbocycles. The number of nitrogens with zero attached hydrogens (tertiary/aromatic N) is 3. The van der Waals surface area contributed by atoms with E-state index >= 15 is 0 Å². The van der Waals surface area contributed by atoms with Crippen LogP contribution in [-0.4, -0.2) is 29.6 Å². The van der Waals surface area contributed by atoms with E-state index in [9.17, 15) is 0 Å². The minimum atomic E-state index is 0.819. The zero-order valence-corrected chi connectivity index (χ0v) is 12.5. The summed E-state index contributed by atoms with van der Waals surface area (Å²) in [5, 5.41) is 3.46. The molecule has 2 heterocycles. The number of nitrogens with one attached hydrogen (secondary N) is 1. The lowest BCUT2D eigenvalue weighted by molar-refractivity contribution is 0.629. The Labute approximate surface area is 126 Å². The van der Waals surface area contributed by atoms with Crippen LogP contribution < -0.4 is 10.2 Å². The number of aryl methyl sites for hydroxylation is 1. The number of anilines is 1. The van der Waals surface area contributed by atoms with Crippen molar-refractivity contribution in [1.82, 2.24) is 15.3 Å². The number of fused-ring (bicyclic) bond motifs is 1. The maximum atomic E-state index is 4.39. The minimum Gasteiger partial charge on any atom is -0.371 e. The molecule has 1 aliphatic heterocycles. The standard InChI is InChI=1S/C17H22N4/c1-14-19-10-7-16(20-14)13-18-9-4-11-21-12-8-15-5-2-3-6-17(15)21/h2-3,5-7,10,18H,4,8-9,11-13H2,1H3. The number of hydrogen-bond acceptors (Lipinski definition) is 4. The van der Waals surface area contributed by atoms with Crippen LogP contribution in [0.15, 0.2) is 36.5 Å². The number of para-hydroxylation sites is 1. The summed E-state index contributed by atoms with van der Waals surface area (Å²) in [5.74, 6) is 0.836. The molecule has 1 aromatic heterocycles. The van der Waals surface area contributed by atoms with Crippen molar-refractivity contribution in [3.63, 3.8) is 0 Å². The van der Waals surface area contributed by atoms with Gasteiger partial charge in [0.1, 0.15) is 5.82 Å². The Kier molecular flexibility index (Phi) is 4.46. The maximum Gasteiger partial charge on any atom is 0.125 e. The van der Waals surface area contributed by atoms with Gasteiger partial charge in [0.05, 0.1) is 5.69 Å². The molecule has 3 rings (SSSR count). The largest absolute Gasteiger partial charge is 0.371 e. The summed E-state index contributed by atoms with van der Waals surface area (Å²) in [6, 6.07) is 10.7. The third-order valence-corrected chi connectivity index (χ3v) is 3.90. The second kappa shape index (κ2) is 6.68. The Balaban J connectivity index is 1.40. The highest BCUT2D eigenvalue weighted by Gasteiger charge is 2.17. The zero-order valence-electron chi connectivity index (χ0n) is 12.5. The molecule has 0 bridgehead atoms. The molecule has 1 aromatic carbocycles. The van der Waals surface area contributed by atoms with E-state index in [2.05, 4.69) is 44.5 Å². The second-order valence-electron chi connectivity index (χ2n) is 5.49.